The Morgan fingerprint density at radius 1 is 1.31 bits per heavy atom. The van der Waals surface area contributed by atoms with Crippen molar-refractivity contribution in [3.8, 4) is 11.3 Å². The van der Waals surface area contributed by atoms with E-state index < -0.39 is 22.2 Å². The highest BCUT2D eigenvalue weighted by Crippen LogP contribution is 2.26. The number of nitrogens with zero attached hydrogens (tertiary/aromatic N) is 4. The maximum Gasteiger partial charge on any atom is 0.407 e. The molecule has 1 fully saturated rings. The Hall–Kier alpha value is -2.23. The molecule has 8 nitrogen and oxygen atoms in total. The quantitative estimate of drug-likeness (QED) is 0.797. The van der Waals surface area contributed by atoms with Gasteiger partial charge in [-0.25, -0.2) is 23.2 Å². The molecule has 1 atom stereocenters. The van der Waals surface area contributed by atoms with E-state index in [1.165, 1.54) is 27.5 Å². The zero-order valence-electron chi connectivity index (χ0n) is 13.9. The van der Waals surface area contributed by atoms with Crippen LogP contribution in [0.1, 0.15) is 6.92 Å². The number of sulfonamides is 1. The number of hydrogen-bond acceptors (Lipinski definition) is 5. The molecule has 0 radical (unpaired) electrons. The van der Waals surface area contributed by atoms with Gasteiger partial charge in [0, 0.05) is 37.4 Å². The van der Waals surface area contributed by atoms with Gasteiger partial charge in [-0.15, -0.1) is 0 Å². The van der Waals surface area contributed by atoms with Crippen molar-refractivity contribution in [1.82, 2.24) is 19.2 Å². The highest BCUT2D eigenvalue weighted by atomic mass is 35.5. The maximum absolute atomic E-state index is 13.0. The normalized spacial score (nSPS) is 18.7. The Morgan fingerprint density at radius 3 is 2.73 bits per heavy atom. The van der Waals surface area contributed by atoms with E-state index in [1.54, 1.807) is 25.1 Å². The van der Waals surface area contributed by atoms with Crippen molar-refractivity contribution in [3.63, 3.8) is 0 Å². The number of carbonyl (C=O) groups is 1. The minimum atomic E-state index is -3.76. The van der Waals surface area contributed by atoms with Gasteiger partial charge < -0.3 is 10.0 Å². The molecule has 1 unspecified atom stereocenters. The van der Waals surface area contributed by atoms with Crippen LogP contribution in [0.25, 0.3) is 11.3 Å². The summed E-state index contributed by atoms with van der Waals surface area (Å²) < 4.78 is 27.4. The molecule has 1 N–H and O–H groups in total. The van der Waals surface area contributed by atoms with E-state index in [0.29, 0.717) is 11.3 Å². The smallest absolute Gasteiger partial charge is 0.407 e. The Kier molecular flexibility index (Phi) is 5.12. The van der Waals surface area contributed by atoms with E-state index in [2.05, 4.69) is 9.97 Å². The third-order valence-corrected chi connectivity index (χ3v) is 6.39. The summed E-state index contributed by atoms with van der Waals surface area (Å²) in [4.78, 5) is 20.3. The Bertz CT molecular complexity index is 937. The summed E-state index contributed by atoms with van der Waals surface area (Å²) >= 11 is 5.80. The molecule has 1 aliphatic heterocycles. The first-order valence-corrected chi connectivity index (χ1v) is 9.69. The minimum Gasteiger partial charge on any atom is -0.465 e. The van der Waals surface area contributed by atoms with Crippen LogP contribution >= 0.6 is 11.6 Å². The van der Waals surface area contributed by atoms with Gasteiger partial charge in [-0.3, -0.25) is 0 Å². The fraction of sp³-hybridized carbons (Fsp3) is 0.312. The molecule has 26 heavy (non-hydrogen) atoms. The van der Waals surface area contributed by atoms with Crippen LogP contribution in [-0.2, 0) is 10.0 Å². The first-order chi connectivity index (χ1) is 12.3. The lowest BCUT2D eigenvalue weighted by molar-refractivity contribution is 0.109. The van der Waals surface area contributed by atoms with Crippen molar-refractivity contribution in [2.24, 2.45) is 0 Å². The lowest BCUT2D eigenvalue weighted by atomic mass is 10.1. The van der Waals surface area contributed by atoms with Crippen LogP contribution in [-0.4, -0.2) is 64.5 Å². The van der Waals surface area contributed by atoms with E-state index >= 15 is 0 Å². The predicted molar refractivity (Wildman–Crippen MR) is 95.4 cm³/mol. The first kappa shape index (κ1) is 18.6. The molecule has 0 aliphatic carbocycles. The zero-order valence-corrected chi connectivity index (χ0v) is 15.5. The van der Waals surface area contributed by atoms with Crippen molar-refractivity contribution >= 4 is 27.7 Å². The van der Waals surface area contributed by atoms with Crippen LogP contribution in [0.5, 0.6) is 0 Å². The van der Waals surface area contributed by atoms with Gasteiger partial charge in [-0.1, -0.05) is 12.1 Å². The predicted octanol–water partition coefficient (Wildman–Crippen LogP) is 2.17. The monoisotopic (exact) mass is 396 g/mol. The van der Waals surface area contributed by atoms with Crippen molar-refractivity contribution in [3.05, 3.63) is 41.8 Å². The molecule has 1 aromatic carbocycles. The second-order valence-electron chi connectivity index (χ2n) is 5.93. The summed E-state index contributed by atoms with van der Waals surface area (Å²) in [5.41, 5.74) is 1.12. The lowest BCUT2D eigenvalue weighted by Gasteiger charge is -2.37. The largest absolute Gasteiger partial charge is 0.465 e. The van der Waals surface area contributed by atoms with Gasteiger partial charge in [0.25, 0.3) is 0 Å². The molecule has 10 heteroatoms. The van der Waals surface area contributed by atoms with Crippen LogP contribution in [0, 0.1) is 0 Å². The van der Waals surface area contributed by atoms with E-state index in [-0.39, 0.29) is 29.8 Å². The number of hydrogen-bond donors (Lipinski definition) is 1. The van der Waals surface area contributed by atoms with Crippen molar-refractivity contribution in [2.75, 3.05) is 19.6 Å². The number of amides is 1. The molecule has 138 valence electrons. The lowest BCUT2D eigenvalue weighted by Crippen LogP contribution is -2.55. The summed E-state index contributed by atoms with van der Waals surface area (Å²) in [5, 5.41) is 9.16. The minimum absolute atomic E-state index is 0.0779. The molecular formula is C16H17ClN4O4S. The highest BCUT2D eigenvalue weighted by Gasteiger charge is 2.35. The van der Waals surface area contributed by atoms with E-state index in [0.717, 1.165) is 0 Å². The zero-order chi connectivity index (χ0) is 18.9. The average molecular weight is 397 g/mol. The maximum atomic E-state index is 13.0. The van der Waals surface area contributed by atoms with Crippen LogP contribution in [0.3, 0.4) is 0 Å². The molecule has 1 aliphatic rings. The molecule has 0 bridgehead atoms. The molecule has 2 heterocycles. The van der Waals surface area contributed by atoms with Gasteiger partial charge in [0.15, 0.2) is 0 Å². The SMILES string of the molecule is CC1CN(C(=O)O)CCN1S(=O)(=O)c1cccc(-c2ccnc(Cl)n2)c1. The summed E-state index contributed by atoms with van der Waals surface area (Å²) in [6, 6.07) is 7.61. The molecule has 2 aromatic rings. The second kappa shape index (κ2) is 7.18. The molecule has 1 aromatic heterocycles. The first-order valence-electron chi connectivity index (χ1n) is 7.88. The van der Waals surface area contributed by atoms with Crippen molar-refractivity contribution < 1.29 is 18.3 Å². The third-order valence-electron chi connectivity index (χ3n) is 4.20. The van der Waals surface area contributed by atoms with Crippen molar-refractivity contribution in [1.29, 1.82) is 0 Å². The molecule has 1 amide bonds. The summed E-state index contributed by atoms with van der Waals surface area (Å²) in [6.45, 7) is 2.08. The fourth-order valence-corrected chi connectivity index (χ4v) is 4.73. The van der Waals surface area contributed by atoms with Crippen LogP contribution in [0.15, 0.2) is 41.4 Å². The second-order valence-corrected chi connectivity index (χ2v) is 8.16. The van der Waals surface area contributed by atoms with Gasteiger partial charge in [-0.05, 0) is 36.7 Å². The number of aromatic nitrogens is 2. The Labute approximate surface area is 156 Å². The topological polar surface area (TPSA) is 104 Å². The summed E-state index contributed by atoms with van der Waals surface area (Å²) in [5.74, 6) is 0. The van der Waals surface area contributed by atoms with Gasteiger partial charge in [0.1, 0.15) is 0 Å². The van der Waals surface area contributed by atoms with E-state index in [4.69, 9.17) is 16.7 Å². The third kappa shape index (κ3) is 3.64. The number of piperazine rings is 1. The summed E-state index contributed by atoms with van der Waals surface area (Å²) in [6.07, 6.45) is 0.454. The Morgan fingerprint density at radius 2 is 2.08 bits per heavy atom. The van der Waals surface area contributed by atoms with Crippen molar-refractivity contribution in [2.45, 2.75) is 17.9 Å². The number of rotatable bonds is 3. The van der Waals surface area contributed by atoms with E-state index in [1.807, 2.05) is 0 Å². The fourth-order valence-electron chi connectivity index (χ4n) is 2.92. The molecule has 0 saturated carbocycles. The average Bonchev–Trinajstić information content (AvgIpc) is 2.61. The molecular weight excluding hydrogens is 380 g/mol. The van der Waals surface area contributed by atoms with Gasteiger partial charge in [-0.2, -0.15) is 4.31 Å². The number of benzene rings is 1. The van der Waals surface area contributed by atoms with Crippen LogP contribution < -0.4 is 0 Å². The van der Waals surface area contributed by atoms with Gasteiger partial charge in [0.2, 0.25) is 15.3 Å². The highest BCUT2D eigenvalue weighted by molar-refractivity contribution is 7.89. The van der Waals surface area contributed by atoms with Gasteiger partial charge in [0.05, 0.1) is 10.6 Å². The van der Waals surface area contributed by atoms with Crippen LogP contribution in [0.4, 0.5) is 4.79 Å². The molecule has 3 rings (SSSR count). The number of carboxylic acid groups (broad SMARTS) is 1. The van der Waals surface area contributed by atoms with E-state index in [9.17, 15) is 13.2 Å². The standard InChI is InChI=1S/C16H17ClN4O4S/c1-11-10-20(16(22)23)7-8-21(11)26(24,25)13-4-2-3-12(9-13)14-5-6-18-15(17)19-14/h2-6,9,11H,7-8,10H2,1H3,(H,22,23). The number of halogens is 1. The summed E-state index contributed by atoms with van der Waals surface area (Å²) in [7, 11) is -3.76. The Balaban J connectivity index is 1.91. The van der Waals surface area contributed by atoms with Gasteiger partial charge >= 0.3 is 6.09 Å². The molecule has 0 spiro atoms. The molecule has 1 saturated heterocycles. The van der Waals surface area contributed by atoms with Crippen LogP contribution in [0.2, 0.25) is 5.28 Å².